The molecule has 0 atom stereocenters. The van der Waals surface area contributed by atoms with E-state index in [0.717, 1.165) is 74.1 Å². The lowest BCUT2D eigenvalue weighted by Crippen LogP contribution is -2.40. The van der Waals surface area contributed by atoms with Crippen molar-refractivity contribution in [2.75, 3.05) is 50.0 Å². The number of amides is 1. The van der Waals surface area contributed by atoms with Crippen molar-refractivity contribution in [3.05, 3.63) is 70.9 Å². The third kappa shape index (κ3) is 3.89. The van der Waals surface area contributed by atoms with Crippen LogP contribution in [-0.4, -0.2) is 50.2 Å². The van der Waals surface area contributed by atoms with E-state index >= 15 is 0 Å². The summed E-state index contributed by atoms with van der Waals surface area (Å²) in [5.41, 5.74) is 6.75. The summed E-state index contributed by atoms with van der Waals surface area (Å²) in [5.74, 6) is -0.0621. The lowest BCUT2D eigenvalue weighted by Gasteiger charge is -2.26. The quantitative estimate of drug-likeness (QED) is 0.530. The molecule has 6 nitrogen and oxygen atoms in total. The van der Waals surface area contributed by atoms with E-state index < -0.39 is 0 Å². The fraction of sp³-hybridized carbons (Fsp3) is 0.292. The van der Waals surface area contributed by atoms with Gasteiger partial charge in [-0.05, 0) is 35.4 Å². The Bertz CT molecular complexity index is 1020. The van der Waals surface area contributed by atoms with Gasteiger partial charge in [0, 0.05) is 49.7 Å². The number of rotatable bonds is 5. The molecule has 1 saturated heterocycles. The van der Waals surface area contributed by atoms with Gasteiger partial charge in [-0.3, -0.25) is 9.69 Å². The molecule has 2 aromatic carbocycles. The van der Waals surface area contributed by atoms with Crippen molar-refractivity contribution in [1.82, 2.24) is 10.2 Å². The van der Waals surface area contributed by atoms with E-state index in [2.05, 4.69) is 45.1 Å². The molecule has 3 heterocycles. The van der Waals surface area contributed by atoms with Gasteiger partial charge in [-0.15, -0.1) is 0 Å². The molecule has 0 radical (unpaired) electrons. The fourth-order valence-electron chi connectivity index (χ4n) is 4.16. The first-order valence-electron chi connectivity index (χ1n) is 10.5. The van der Waals surface area contributed by atoms with E-state index in [1.54, 1.807) is 0 Å². The number of allylic oxidation sites excluding steroid dienone is 1. The van der Waals surface area contributed by atoms with Gasteiger partial charge in [-0.25, -0.2) is 0 Å². The second kappa shape index (κ2) is 8.44. The molecule has 0 aliphatic carbocycles. The number of para-hydroxylation sites is 1. The van der Waals surface area contributed by atoms with Crippen molar-refractivity contribution in [2.45, 2.75) is 6.54 Å². The molecule has 0 spiro atoms. The minimum atomic E-state index is -0.0621. The van der Waals surface area contributed by atoms with Gasteiger partial charge in [-0.2, -0.15) is 0 Å². The highest BCUT2D eigenvalue weighted by molar-refractivity contribution is 6.33. The molecule has 6 heteroatoms. The molecular formula is C24H26N4O2. The molecule has 0 unspecified atom stereocenters. The van der Waals surface area contributed by atoms with Crippen LogP contribution in [0.25, 0.3) is 11.6 Å². The summed E-state index contributed by atoms with van der Waals surface area (Å²) in [5, 5.41) is 9.92. The molecule has 3 aliphatic rings. The Labute approximate surface area is 176 Å². The first kappa shape index (κ1) is 19.1. The molecule has 1 fully saturated rings. The molecule has 3 aliphatic heterocycles. The summed E-state index contributed by atoms with van der Waals surface area (Å²) in [7, 11) is 0. The molecule has 0 saturated carbocycles. The Morgan fingerprint density at radius 3 is 2.77 bits per heavy atom. The smallest absolute Gasteiger partial charge is 0.258 e. The van der Waals surface area contributed by atoms with Gasteiger partial charge in [0.1, 0.15) is 0 Å². The SMILES string of the molecule is O=C1Nc2ccccc2C1=C1C=Cc2cc(CNCCN3CCOCC3)ccc2N1. The molecule has 2 aromatic rings. The summed E-state index contributed by atoms with van der Waals surface area (Å²) < 4.78 is 5.39. The summed E-state index contributed by atoms with van der Waals surface area (Å²) in [4.78, 5) is 14.9. The van der Waals surface area contributed by atoms with E-state index in [4.69, 9.17) is 4.74 Å². The van der Waals surface area contributed by atoms with Crippen LogP contribution >= 0.6 is 0 Å². The number of ether oxygens (including phenoxy) is 1. The third-order valence-corrected chi connectivity index (χ3v) is 5.79. The van der Waals surface area contributed by atoms with Crippen LogP contribution in [0.5, 0.6) is 0 Å². The Hall–Kier alpha value is -2.93. The number of benzene rings is 2. The standard InChI is InChI=1S/C24H26N4O2/c29-24-23(19-3-1-2-4-21(19)27-24)22-8-6-18-15-17(5-7-20(18)26-22)16-25-9-10-28-11-13-30-14-12-28/h1-8,15,25-26H,9-14,16H2,(H,27,29). The van der Waals surface area contributed by atoms with Crippen molar-refractivity contribution in [1.29, 1.82) is 0 Å². The summed E-state index contributed by atoms with van der Waals surface area (Å²) in [6.45, 7) is 6.60. The topological polar surface area (TPSA) is 65.6 Å². The summed E-state index contributed by atoms with van der Waals surface area (Å²) >= 11 is 0. The molecule has 154 valence electrons. The number of carbonyl (C=O) groups is 1. The Balaban J connectivity index is 1.25. The molecule has 30 heavy (non-hydrogen) atoms. The van der Waals surface area contributed by atoms with E-state index in [-0.39, 0.29) is 5.91 Å². The number of carbonyl (C=O) groups excluding carboxylic acids is 1. The van der Waals surface area contributed by atoms with Crippen LogP contribution in [0.2, 0.25) is 0 Å². The molecule has 0 aromatic heterocycles. The predicted octanol–water partition coefficient (Wildman–Crippen LogP) is 2.91. The predicted molar refractivity (Wildman–Crippen MR) is 120 cm³/mol. The van der Waals surface area contributed by atoms with Crippen LogP contribution < -0.4 is 16.0 Å². The Morgan fingerprint density at radius 2 is 1.87 bits per heavy atom. The lowest BCUT2D eigenvalue weighted by atomic mass is 10.00. The van der Waals surface area contributed by atoms with Crippen molar-refractivity contribution in [3.8, 4) is 0 Å². The first-order valence-corrected chi connectivity index (χ1v) is 10.5. The van der Waals surface area contributed by atoms with Gasteiger partial charge >= 0.3 is 0 Å². The van der Waals surface area contributed by atoms with Crippen LogP contribution in [0.15, 0.2) is 54.2 Å². The van der Waals surface area contributed by atoms with Crippen LogP contribution in [-0.2, 0) is 16.1 Å². The zero-order valence-corrected chi connectivity index (χ0v) is 16.9. The van der Waals surface area contributed by atoms with Gasteiger partial charge in [-0.1, -0.05) is 30.3 Å². The van der Waals surface area contributed by atoms with Crippen LogP contribution in [0.1, 0.15) is 16.7 Å². The van der Waals surface area contributed by atoms with E-state index in [9.17, 15) is 4.79 Å². The fourth-order valence-corrected chi connectivity index (χ4v) is 4.16. The third-order valence-electron chi connectivity index (χ3n) is 5.79. The average Bonchev–Trinajstić information content (AvgIpc) is 3.12. The maximum absolute atomic E-state index is 12.5. The average molecular weight is 402 g/mol. The molecule has 5 rings (SSSR count). The molecule has 3 N–H and O–H groups in total. The van der Waals surface area contributed by atoms with Crippen molar-refractivity contribution < 1.29 is 9.53 Å². The molecule has 1 amide bonds. The summed E-state index contributed by atoms with van der Waals surface area (Å²) in [6.07, 6.45) is 4.08. The Morgan fingerprint density at radius 1 is 1.00 bits per heavy atom. The minimum absolute atomic E-state index is 0.0621. The molecular weight excluding hydrogens is 376 g/mol. The summed E-state index contributed by atoms with van der Waals surface area (Å²) in [6, 6.07) is 14.2. The monoisotopic (exact) mass is 402 g/mol. The van der Waals surface area contributed by atoms with Crippen molar-refractivity contribution >= 4 is 28.9 Å². The number of anilines is 2. The zero-order chi connectivity index (χ0) is 20.3. The van der Waals surface area contributed by atoms with Gasteiger partial charge in [0.25, 0.3) is 5.91 Å². The van der Waals surface area contributed by atoms with Crippen LogP contribution in [0.4, 0.5) is 11.4 Å². The highest BCUT2D eigenvalue weighted by atomic mass is 16.5. The van der Waals surface area contributed by atoms with E-state index in [0.29, 0.717) is 5.57 Å². The van der Waals surface area contributed by atoms with E-state index in [1.807, 2.05) is 30.3 Å². The second-order valence-corrected chi connectivity index (χ2v) is 7.80. The maximum Gasteiger partial charge on any atom is 0.258 e. The highest BCUT2D eigenvalue weighted by Gasteiger charge is 2.27. The van der Waals surface area contributed by atoms with Gasteiger partial charge in [0.15, 0.2) is 0 Å². The maximum atomic E-state index is 12.5. The van der Waals surface area contributed by atoms with Crippen LogP contribution in [0, 0.1) is 0 Å². The second-order valence-electron chi connectivity index (χ2n) is 7.80. The number of morpholine rings is 1. The number of nitrogens with zero attached hydrogens (tertiary/aromatic N) is 1. The number of hydrogen-bond acceptors (Lipinski definition) is 5. The zero-order valence-electron chi connectivity index (χ0n) is 16.9. The normalized spacial score (nSPS) is 20.5. The lowest BCUT2D eigenvalue weighted by molar-refractivity contribution is -0.110. The number of fused-ring (bicyclic) bond motifs is 2. The van der Waals surface area contributed by atoms with Crippen molar-refractivity contribution in [3.63, 3.8) is 0 Å². The van der Waals surface area contributed by atoms with E-state index in [1.165, 1.54) is 5.56 Å². The van der Waals surface area contributed by atoms with Crippen LogP contribution in [0.3, 0.4) is 0 Å². The van der Waals surface area contributed by atoms with Gasteiger partial charge < -0.3 is 20.7 Å². The van der Waals surface area contributed by atoms with Crippen molar-refractivity contribution in [2.24, 2.45) is 0 Å². The number of nitrogens with one attached hydrogen (secondary N) is 3. The Kier molecular flexibility index (Phi) is 5.36. The van der Waals surface area contributed by atoms with Gasteiger partial charge in [0.05, 0.1) is 24.5 Å². The first-order chi connectivity index (χ1) is 14.8. The largest absolute Gasteiger partial charge is 0.379 e. The van der Waals surface area contributed by atoms with Gasteiger partial charge in [0.2, 0.25) is 0 Å². The molecule has 0 bridgehead atoms. The minimum Gasteiger partial charge on any atom is -0.379 e. The number of hydrogen-bond donors (Lipinski definition) is 3. The highest BCUT2D eigenvalue weighted by Crippen LogP contribution is 2.36.